The van der Waals surface area contributed by atoms with Crippen LogP contribution in [-0.2, 0) is 4.79 Å². The molecule has 8 heteroatoms. The molecule has 4 rings (SSSR count). The fraction of sp³-hybridized carbons (Fsp3) is 0.138. The fourth-order valence-corrected chi connectivity index (χ4v) is 3.77. The van der Waals surface area contributed by atoms with Crippen LogP contribution in [0.25, 0.3) is 16.9 Å². The van der Waals surface area contributed by atoms with Crippen LogP contribution >= 0.6 is 0 Å². The summed E-state index contributed by atoms with van der Waals surface area (Å²) >= 11 is 0. The summed E-state index contributed by atoms with van der Waals surface area (Å²) in [5.41, 5.74) is 2.88. The standard InChI is InChI=1S/C29H27FN4O3/c1-4-16-33(28(36)22-11-14-24(37-3)15-12-22)19-27(35)32-29-31-26(21-8-6-5-7-9-21)18-34(29)23-13-10-20(2)25(30)17-23/h4-15,17-18H,1,16,19H2,2-3H3,(H,31,32,35). The number of aromatic nitrogens is 2. The van der Waals surface area contributed by atoms with Crippen LogP contribution in [0.2, 0.25) is 0 Å². The molecule has 1 aromatic heterocycles. The minimum atomic E-state index is -0.456. The summed E-state index contributed by atoms with van der Waals surface area (Å²) in [6, 6.07) is 20.9. The van der Waals surface area contributed by atoms with E-state index in [-0.39, 0.29) is 30.8 Å². The van der Waals surface area contributed by atoms with Crippen LogP contribution in [0, 0.1) is 12.7 Å². The minimum absolute atomic E-state index is 0.172. The number of carbonyl (C=O) groups excluding carboxylic acids is 2. The molecule has 0 saturated heterocycles. The number of ether oxygens (including phenoxy) is 1. The number of halogens is 1. The van der Waals surface area contributed by atoms with Crippen LogP contribution in [0.5, 0.6) is 5.75 Å². The predicted octanol–water partition coefficient (Wildman–Crippen LogP) is 5.26. The molecule has 0 radical (unpaired) electrons. The Balaban J connectivity index is 1.60. The lowest BCUT2D eigenvalue weighted by Gasteiger charge is -2.21. The van der Waals surface area contributed by atoms with Gasteiger partial charge in [-0.05, 0) is 48.9 Å². The third-order valence-corrected chi connectivity index (χ3v) is 5.77. The zero-order valence-corrected chi connectivity index (χ0v) is 20.6. The van der Waals surface area contributed by atoms with Gasteiger partial charge in [0.15, 0.2) is 0 Å². The average Bonchev–Trinajstić information content (AvgIpc) is 3.33. The van der Waals surface area contributed by atoms with Gasteiger partial charge in [0, 0.05) is 23.9 Å². The van der Waals surface area contributed by atoms with Crippen molar-refractivity contribution in [3.8, 4) is 22.7 Å². The summed E-state index contributed by atoms with van der Waals surface area (Å²) in [7, 11) is 1.54. The van der Waals surface area contributed by atoms with E-state index in [0.717, 1.165) is 5.56 Å². The van der Waals surface area contributed by atoms with E-state index in [0.29, 0.717) is 28.3 Å². The summed E-state index contributed by atoms with van der Waals surface area (Å²) in [5, 5.41) is 2.79. The van der Waals surface area contributed by atoms with Crippen LogP contribution in [0.4, 0.5) is 10.3 Å². The van der Waals surface area contributed by atoms with Crippen LogP contribution < -0.4 is 10.1 Å². The molecule has 188 valence electrons. The molecule has 1 heterocycles. The molecule has 0 bridgehead atoms. The van der Waals surface area contributed by atoms with Crippen molar-refractivity contribution < 1.29 is 18.7 Å². The van der Waals surface area contributed by atoms with Gasteiger partial charge in [-0.2, -0.15) is 0 Å². The van der Waals surface area contributed by atoms with Gasteiger partial charge in [-0.25, -0.2) is 9.37 Å². The molecule has 0 spiro atoms. The van der Waals surface area contributed by atoms with E-state index < -0.39 is 5.91 Å². The number of nitrogens with zero attached hydrogens (tertiary/aromatic N) is 3. The Labute approximate surface area is 214 Å². The number of benzene rings is 3. The maximum atomic E-state index is 14.4. The number of rotatable bonds is 9. The van der Waals surface area contributed by atoms with E-state index in [1.165, 1.54) is 11.0 Å². The Morgan fingerprint density at radius 3 is 2.49 bits per heavy atom. The Bertz CT molecular complexity index is 1420. The first-order chi connectivity index (χ1) is 17.9. The van der Waals surface area contributed by atoms with Crippen LogP contribution in [-0.4, -0.2) is 46.5 Å². The lowest BCUT2D eigenvalue weighted by Crippen LogP contribution is -2.38. The zero-order chi connectivity index (χ0) is 26.4. The van der Waals surface area contributed by atoms with Crippen LogP contribution in [0.15, 0.2) is 91.6 Å². The molecule has 0 unspecified atom stereocenters. The summed E-state index contributed by atoms with van der Waals surface area (Å²) in [6.45, 7) is 5.33. The first-order valence-electron chi connectivity index (χ1n) is 11.6. The maximum Gasteiger partial charge on any atom is 0.254 e. The molecule has 2 amide bonds. The van der Waals surface area contributed by atoms with Crippen molar-refractivity contribution in [3.63, 3.8) is 0 Å². The van der Waals surface area contributed by atoms with Crippen molar-refractivity contribution in [1.29, 1.82) is 0 Å². The summed E-state index contributed by atoms with van der Waals surface area (Å²) in [4.78, 5) is 32.1. The van der Waals surface area contributed by atoms with Crippen molar-refractivity contribution in [3.05, 3.63) is 109 Å². The Morgan fingerprint density at radius 1 is 1.11 bits per heavy atom. The molecule has 0 fully saturated rings. The van der Waals surface area contributed by atoms with Crippen molar-refractivity contribution >= 4 is 17.8 Å². The molecule has 0 atom stereocenters. The number of amides is 2. The number of anilines is 1. The minimum Gasteiger partial charge on any atom is -0.497 e. The number of aryl methyl sites for hydroxylation is 1. The van der Waals surface area contributed by atoms with E-state index in [4.69, 9.17) is 4.74 Å². The van der Waals surface area contributed by atoms with Crippen molar-refractivity contribution in [1.82, 2.24) is 14.5 Å². The molecule has 0 aliphatic carbocycles. The van der Waals surface area contributed by atoms with Gasteiger partial charge >= 0.3 is 0 Å². The normalized spacial score (nSPS) is 10.6. The van der Waals surface area contributed by atoms with Crippen molar-refractivity contribution in [2.45, 2.75) is 6.92 Å². The summed E-state index contributed by atoms with van der Waals surface area (Å²) in [6.07, 6.45) is 3.29. The quantitative estimate of drug-likeness (QED) is 0.319. The van der Waals surface area contributed by atoms with Crippen LogP contribution in [0.3, 0.4) is 0 Å². The molecule has 0 aliphatic heterocycles. The lowest BCUT2D eigenvalue weighted by molar-refractivity contribution is -0.116. The Morgan fingerprint density at radius 2 is 1.84 bits per heavy atom. The van der Waals surface area contributed by atoms with E-state index >= 15 is 0 Å². The van der Waals surface area contributed by atoms with Gasteiger partial charge in [0.2, 0.25) is 11.9 Å². The Kier molecular flexibility index (Phi) is 7.78. The van der Waals surface area contributed by atoms with E-state index in [1.54, 1.807) is 67.3 Å². The van der Waals surface area contributed by atoms with E-state index in [9.17, 15) is 14.0 Å². The number of imidazole rings is 1. The topological polar surface area (TPSA) is 76.5 Å². The van der Waals surface area contributed by atoms with E-state index in [2.05, 4.69) is 16.9 Å². The number of carbonyl (C=O) groups is 2. The fourth-order valence-electron chi connectivity index (χ4n) is 3.77. The molecule has 0 saturated carbocycles. The van der Waals surface area contributed by atoms with Gasteiger partial charge in [0.05, 0.1) is 18.5 Å². The molecular formula is C29H27FN4O3. The predicted molar refractivity (Wildman–Crippen MR) is 141 cm³/mol. The second-order valence-corrected chi connectivity index (χ2v) is 8.37. The largest absolute Gasteiger partial charge is 0.497 e. The summed E-state index contributed by atoms with van der Waals surface area (Å²) in [5.74, 6) is -0.318. The molecule has 4 aromatic rings. The highest BCUT2D eigenvalue weighted by Crippen LogP contribution is 2.25. The molecular weight excluding hydrogens is 471 g/mol. The average molecular weight is 499 g/mol. The highest BCUT2D eigenvalue weighted by Gasteiger charge is 2.20. The molecule has 3 aromatic carbocycles. The Hall–Kier alpha value is -4.72. The third-order valence-electron chi connectivity index (χ3n) is 5.77. The number of methoxy groups -OCH3 is 1. The molecule has 0 aliphatic rings. The number of nitrogens with one attached hydrogen (secondary N) is 1. The zero-order valence-electron chi connectivity index (χ0n) is 20.6. The third kappa shape index (κ3) is 5.92. The van der Waals surface area contributed by atoms with Gasteiger partial charge in [-0.15, -0.1) is 6.58 Å². The van der Waals surface area contributed by atoms with E-state index in [1.807, 2.05) is 30.3 Å². The second kappa shape index (κ2) is 11.3. The molecule has 7 nitrogen and oxygen atoms in total. The monoisotopic (exact) mass is 498 g/mol. The summed E-state index contributed by atoms with van der Waals surface area (Å²) < 4.78 is 21.1. The first-order valence-corrected chi connectivity index (χ1v) is 11.6. The highest BCUT2D eigenvalue weighted by atomic mass is 19.1. The van der Waals surface area contributed by atoms with Gasteiger partial charge in [0.25, 0.3) is 5.91 Å². The maximum absolute atomic E-state index is 14.4. The highest BCUT2D eigenvalue weighted by molar-refractivity contribution is 5.99. The second-order valence-electron chi connectivity index (χ2n) is 8.37. The SMILES string of the molecule is C=CCN(CC(=O)Nc1nc(-c2ccccc2)cn1-c1ccc(C)c(F)c1)C(=O)c1ccc(OC)cc1. The number of hydrogen-bond acceptors (Lipinski definition) is 4. The van der Waals surface area contributed by atoms with Gasteiger partial charge < -0.3 is 9.64 Å². The van der Waals surface area contributed by atoms with Gasteiger partial charge in [0.1, 0.15) is 18.1 Å². The van der Waals surface area contributed by atoms with Gasteiger partial charge in [-0.3, -0.25) is 19.5 Å². The van der Waals surface area contributed by atoms with Crippen molar-refractivity contribution in [2.75, 3.05) is 25.5 Å². The number of hydrogen-bond donors (Lipinski definition) is 1. The smallest absolute Gasteiger partial charge is 0.254 e. The van der Waals surface area contributed by atoms with Crippen molar-refractivity contribution in [2.24, 2.45) is 0 Å². The first kappa shape index (κ1) is 25.4. The molecule has 1 N–H and O–H groups in total. The lowest BCUT2D eigenvalue weighted by atomic mass is 10.2. The van der Waals surface area contributed by atoms with Gasteiger partial charge in [-0.1, -0.05) is 42.5 Å². The molecule has 37 heavy (non-hydrogen) atoms. The van der Waals surface area contributed by atoms with Crippen LogP contribution in [0.1, 0.15) is 15.9 Å².